The summed E-state index contributed by atoms with van der Waals surface area (Å²) in [5.74, 6) is -2.17. The third-order valence-electron chi connectivity index (χ3n) is 2.07. The molecule has 1 amide bonds. The van der Waals surface area contributed by atoms with E-state index in [0.29, 0.717) is 0 Å². The van der Waals surface area contributed by atoms with E-state index in [4.69, 9.17) is 9.84 Å². The Labute approximate surface area is 93.7 Å². The number of carbonyl (C=O) groups is 2. The van der Waals surface area contributed by atoms with Gasteiger partial charge in [0.25, 0.3) is 0 Å². The Kier molecular flexibility index (Phi) is 4.16. The zero-order valence-corrected chi connectivity index (χ0v) is 8.49. The largest absolute Gasteiger partial charge is 0.481 e. The highest BCUT2D eigenvalue weighted by Crippen LogP contribution is 2.16. The van der Waals surface area contributed by atoms with E-state index >= 15 is 0 Å². The van der Waals surface area contributed by atoms with Crippen LogP contribution >= 0.6 is 0 Å². The molecule has 0 aromatic rings. The molecule has 98 valence electrons. The van der Waals surface area contributed by atoms with Gasteiger partial charge in [-0.3, -0.25) is 4.79 Å². The molecule has 1 rings (SSSR count). The van der Waals surface area contributed by atoms with Crippen molar-refractivity contribution in [2.24, 2.45) is 5.92 Å². The van der Waals surface area contributed by atoms with E-state index in [1.54, 1.807) is 0 Å². The summed E-state index contributed by atoms with van der Waals surface area (Å²) in [5.41, 5.74) is 0. The van der Waals surface area contributed by atoms with Gasteiger partial charge in [-0.05, 0) is 0 Å². The van der Waals surface area contributed by atoms with Crippen molar-refractivity contribution in [2.45, 2.75) is 12.2 Å². The van der Waals surface area contributed by atoms with Crippen LogP contribution in [0.1, 0.15) is 0 Å². The van der Waals surface area contributed by atoms with Crippen LogP contribution < -0.4 is 5.32 Å². The fraction of sp³-hybridized carbons (Fsp3) is 0.750. The minimum atomic E-state index is -4.62. The summed E-state index contributed by atoms with van der Waals surface area (Å²) in [6.45, 7) is -1.89. The Morgan fingerprint density at radius 1 is 1.41 bits per heavy atom. The molecule has 0 aromatic carbocycles. The smallest absolute Gasteiger partial charge is 0.422 e. The molecule has 0 radical (unpaired) electrons. The normalized spacial score (nSPS) is 24.4. The Hall–Kier alpha value is -1.51. The highest BCUT2D eigenvalue weighted by Gasteiger charge is 2.36. The molecule has 0 aromatic heterocycles. The van der Waals surface area contributed by atoms with Gasteiger partial charge in [-0.25, -0.2) is 4.79 Å². The van der Waals surface area contributed by atoms with Gasteiger partial charge in [0.15, 0.2) is 6.61 Å². The van der Waals surface area contributed by atoms with Crippen molar-refractivity contribution >= 4 is 12.1 Å². The molecule has 9 heteroatoms. The summed E-state index contributed by atoms with van der Waals surface area (Å²) in [5, 5.41) is 10.7. The van der Waals surface area contributed by atoms with Crippen LogP contribution in [0, 0.1) is 5.92 Å². The van der Waals surface area contributed by atoms with E-state index < -0.39 is 36.8 Å². The average Bonchev–Trinajstić information content (AvgIpc) is 2.62. The lowest BCUT2D eigenvalue weighted by molar-refractivity contribution is -0.160. The number of aliphatic carboxylic acids is 1. The molecule has 2 atom stereocenters. The second-order valence-electron chi connectivity index (χ2n) is 3.42. The molecule has 1 heterocycles. The molecule has 1 fully saturated rings. The van der Waals surface area contributed by atoms with Crippen LogP contribution in [0.2, 0.25) is 0 Å². The van der Waals surface area contributed by atoms with E-state index in [0.717, 1.165) is 0 Å². The van der Waals surface area contributed by atoms with Crippen molar-refractivity contribution in [2.75, 3.05) is 19.8 Å². The first-order valence-electron chi connectivity index (χ1n) is 4.60. The number of carboxylic acids is 1. The number of alkyl halides is 3. The summed E-state index contributed by atoms with van der Waals surface area (Å²) in [4.78, 5) is 21.6. The standard InChI is InChI=1S/C8H10F3NO5/c9-8(10,11)3-17-7(15)12-5-2-16-1-4(5)6(13)14/h4-5H,1-3H2,(H,12,15)(H,13,14). The fourth-order valence-corrected chi connectivity index (χ4v) is 1.28. The molecular formula is C8H10F3NO5. The topological polar surface area (TPSA) is 84.9 Å². The number of hydrogen-bond donors (Lipinski definition) is 2. The molecule has 1 aliphatic heterocycles. The first-order valence-corrected chi connectivity index (χ1v) is 4.60. The van der Waals surface area contributed by atoms with Gasteiger partial charge in [-0.15, -0.1) is 0 Å². The van der Waals surface area contributed by atoms with Crippen LogP contribution in [-0.4, -0.2) is 49.2 Å². The minimum Gasteiger partial charge on any atom is -0.481 e. The minimum absolute atomic E-state index is 0.0713. The summed E-state index contributed by atoms with van der Waals surface area (Å²) in [6, 6.07) is -0.881. The van der Waals surface area contributed by atoms with Crippen LogP contribution in [0.15, 0.2) is 0 Å². The van der Waals surface area contributed by atoms with Crippen molar-refractivity contribution in [1.29, 1.82) is 0 Å². The number of carboxylic acid groups (broad SMARTS) is 1. The second kappa shape index (κ2) is 5.21. The van der Waals surface area contributed by atoms with Gasteiger partial charge in [0.2, 0.25) is 0 Å². The molecule has 17 heavy (non-hydrogen) atoms. The quantitative estimate of drug-likeness (QED) is 0.763. The number of alkyl carbamates (subject to hydrolysis) is 1. The summed E-state index contributed by atoms with van der Waals surface area (Å²) >= 11 is 0. The molecule has 1 saturated heterocycles. The number of carbonyl (C=O) groups excluding carboxylic acids is 1. The second-order valence-corrected chi connectivity index (χ2v) is 3.42. The van der Waals surface area contributed by atoms with Gasteiger partial charge in [-0.1, -0.05) is 0 Å². The van der Waals surface area contributed by atoms with E-state index in [9.17, 15) is 22.8 Å². The van der Waals surface area contributed by atoms with Crippen LogP contribution in [0.4, 0.5) is 18.0 Å². The Bertz CT molecular complexity index is 306. The first-order chi connectivity index (χ1) is 7.79. The zero-order valence-electron chi connectivity index (χ0n) is 8.49. The number of halogens is 3. The summed E-state index contributed by atoms with van der Waals surface area (Å²) in [6.07, 6.45) is -5.93. The van der Waals surface area contributed by atoms with E-state index in [2.05, 4.69) is 4.74 Å². The maximum absolute atomic E-state index is 11.7. The lowest BCUT2D eigenvalue weighted by Gasteiger charge is -2.15. The van der Waals surface area contributed by atoms with Crippen molar-refractivity contribution in [3.05, 3.63) is 0 Å². The number of ether oxygens (including phenoxy) is 2. The van der Waals surface area contributed by atoms with Gasteiger partial charge in [0.05, 0.1) is 19.3 Å². The molecule has 0 saturated carbocycles. The molecule has 6 nitrogen and oxygen atoms in total. The molecule has 0 bridgehead atoms. The first kappa shape index (κ1) is 13.6. The number of hydrogen-bond acceptors (Lipinski definition) is 4. The van der Waals surface area contributed by atoms with Gasteiger partial charge >= 0.3 is 18.2 Å². The van der Waals surface area contributed by atoms with Crippen LogP contribution in [0.25, 0.3) is 0 Å². The maximum Gasteiger partial charge on any atom is 0.422 e. The number of rotatable bonds is 3. The molecule has 2 unspecified atom stereocenters. The van der Waals surface area contributed by atoms with Crippen LogP contribution in [0.5, 0.6) is 0 Å². The average molecular weight is 257 g/mol. The van der Waals surface area contributed by atoms with E-state index in [-0.39, 0.29) is 13.2 Å². The van der Waals surface area contributed by atoms with Crippen molar-refractivity contribution < 1.29 is 37.3 Å². The van der Waals surface area contributed by atoms with Crippen molar-refractivity contribution in [3.8, 4) is 0 Å². The predicted molar refractivity (Wildman–Crippen MR) is 46.3 cm³/mol. The third kappa shape index (κ3) is 4.47. The SMILES string of the molecule is O=C(NC1COCC1C(=O)O)OCC(F)(F)F. The lowest BCUT2D eigenvalue weighted by atomic mass is 10.1. The molecule has 0 spiro atoms. The van der Waals surface area contributed by atoms with Gasteiger partial charge in [0.1, 0.15) is 5.92 Å². The molecule has 0 aliphatic carbocycles. The van der Waals surface area contributed by atoms with Gasteiger partial charge in [0, 0.05) is 0 Å². The predicted octanol–water partition coefficient (Wildman–Crippen LogP) is 0.374. The highest BCUT2D eigenvalue weighted by atomic mass is 19.4. The zero-order chi connectivity index (χ0) is 13.1. The van der Waals surface area contributed by atoms with E-state index in [1.165, 1.54) is 0 Å². The van der Waals surface area contributed by atoms with Gasteiger partial charge in [-0.2, -0.15) is 13.2 Å². The lowest BCUT2D eigenvalue weighted by Crippen LogP contribution is -2.43. The maximum atomic E-state index is 11.7. The summed E-state index contributed by atoms with van der Waals surface area (Å²) < 4.78 is 43.8. The molecule has 1 aliphatic rings. The monoisotopic (exact) mass is 257 g/mol. The van der Waals surface area contributed by atoms with Crippen molar-refractivity contribution in [3.63, 3.8) is 0 Å². The molecule has 2 N–H and O–H groups in total. The highest BCUT2D eigenvalue weighted by molar-refractivity contribution is 5.74. The fourth-order valence-electron chi connectivity index (χ4n) is 1.28. The van der Waals surface area contributed by atoms with Crippen molar-refractivity contribution in [1.82, 2.24) is 5.32 Å². The van der Waals surface area contributed by atoms with Crippen LogP contribution in [-0.2, 0) is 14.3 Å². The Morgan fingerprint density at radius 3 is 2.59 bits per heavy atom. The van der Waals surface area contributed by atoms with E-state index in [1.807, 2.05) is 5.32 Å². The Morgan fingerprint density at radius 2 is 2.06 bits per heavy atom. The summed E-state index contributed by atoms with van der Waals surface area (Å²) in [7, 11) is 0. The van der Waals surface area contributed by atoms with Gasteiger partial charge < -0.3 is 19.9 Å². The Balaban J connectivity index is 2.38. The third-order valence-corrected chi connectivity index (χ3v) is 2.07. The molecular weight excluding hydrogens is 247 g/mol. The van der Waals surface area contributed by atoms with Crippen LogP contribution in [0.3, 0.4) is 0 Å². The number of nitrogens with one attached hydrogen (secondary N) is 1. The number of amides is 1.